The van der Waals surface area contributed by atoms with E-state index < -0.39 is 0 Å². The average molecular weight is 361 g/mol. The van der Waals surface area contributed by atoms with Gasteiger partial charge in [-0.2, -0.15) is 0 Å². The van der Waals surface area contributed by atoms with Crippen molar-refractivity contribution in [1.82, 2.24) is 10.2 Å². The van der Waals surface area contributed by atoms with Crippen LogP contribution in [0.5, 0.6) is 0 Å². The van der Waals surface area contributed by atoms with Crippen LogP contribution in [0.15, 0.2) is 23.4 Å². The van der Waals surface area contributed by atoms with E-state index in [1.807, 2.05) is 0 Å². The molecule has 3 rings (SSSR count). The first kappa shape index (κ1) is 20.0. The molecular formula is C24H44N2. The van der Waals surface area contributed by atoms with Crippen LogP contribution in [0.3, 0.4) is 0 Å². The fraction of sp³-hybridized carbons (Fsp3) is 0.833. The van der Waals surface area contributed by atoms with Gasteiger partial charge in [-0.05, 0) is 88.2 Å². The van der Waals surface area contributed by atoms with Gasteiger partial charge in [-0.3, -0.25) is 0 Å². The second kappa shape index (κ2) is 8.95. The molecule has 0 aromatic carbocycles. The summed E-state index contributed by atoms with van der Waals surface area (Å²) in [4.78, 5) is 2.67. The second-order valence-corrected chi connectivity index (χ2v) is 9.83. The Hall–Kier alpha value is -0.760. The lowest BCUT2D eigenvalue weighted by Gasteiger charge is -2.28. The largest absolute Gasteiger partial charge is 0.388 e. The fourth-order valence-corrected chi connectivity index (χ4v) is 5.16. The van der Waals surface area contributed by atoms with E-state index in [-0.39, 0.29) is 1.43 Å². The molecule has 0 aromatic rings. The third-order valence-electron chi connectivity index (χ3n) is 6.91. The molecule has 1 N–H and O–H groups in total. The Morgan fingerprint density at radius 2 is 2.04 bits per heavy atom. The summed E-state index contributed by atoms with van der Waals surface area (Å²) in [6, 6.07) is 0.684. The van der Waals surface area contributed by atoms with Crippen LogP contribution in [-0.4, -0.2) is 30.6 Å². The van der Waals surface area contributed by atoms with E-state index in [1.54, 1.807) is 11.3 Å². The molecule has 1 saturated carbocycles. The van der Waals surface area contributed by atoms with Crippen LogP contribution >= 0.6 is 0 Å². The molecule has 2 heteroatoms. The number of fused-ring (bicyclic) bond motifs is 1. The lowest BCUT2D eigenvalue weighted by atomic mass is 9.88. The van der Waals surface area contributed by atoms with E-state index in [4.69, 9.17) is 0 Å². The van der Waals surface area contributed by atoms with E-state index >= 15 is 0 Å². The highest BCUT2D eigenvalue weighted by molar-refractivity contribution is 5.32. The summed E-state index contributed by atoms with van der Waals surface area (Å²) < 4.78 is 0. The van der Waals surface area contributed by atoms with Gasteiger partial charge in [0.15, 0.2) is 0 Å². The van der Waals surface area contributed by atoms with Gasteiger partial charge in [0, 0.05) is 26.3 Å². The van der Waals surface area contributed by atoms with Crippen molar-refractivity contribution in [1.29, 1.82) is 0 Å². The van der Waals surface area contributed by atoms with Gasteiger partial charge < -0.3 is 10.2 Å². The molecule has 1 fully saturated rings. The Balaban J connectivity index is 0.00000261. The minimum absolute atomic E-state index is 0. The predicted molar refractivity (Wildman–Crippen MR) is 115 cm³/mol. The second-order valence-electron chi connectivity index (χ2n) is 9.83. The minimum Gasteiger partial charge on any atom is -0.388 e. The summed E-state index contributed by atoms with van der Waals surface area (Å²) in [5, 5.41) is 3.66. The summed E-state index contributed by atoms with van der Waals surface area (Å²) in [7, 11) is 0. The monoisotopic (exact) mass is 360 g/mol. The van der Waals surface area contributed by atoms with Gasteiger partial charge in [0.1, 0.15) is 0 Å². The molecule has 0 bridgehead atoms. The Labute approximate surface area is 164 Å². The van der Waals surface area contributed by atoms with Gasteiger partial charge in [-0.25, -0.2) is 0 Å². The normalized spacial score (nSPS) is 29.3. The Bertz CT molecular complexity index is 522. The van der Waals surface area contributed by atoms with Crippen LogP contribution in [0, 0.1) is 17.3 Å². The van der Waals surface area contributed by atoms with E-state index in [0.29, 0.717) is 11.5 Å². The van der Waals surface area contributed by atoms with Crippen LogP contribution in [0.4, 0.5) is 0 Å². The molecule has 0 radical (unpaired) electrons. The zero-order valence-corrected chi connectivity index (χ0v) is 17.8. The lowest BCUT2D eigenvalue weighted by Crippen LogP contribution is -2.34. The van der Waals surface area contributed by atoms with Crippen LogP contribution in [0.25, 0.3) is 0 Å². The topological polar surface area (TPSA) is 15.3 Å². The average Bonchev–Trinajstić information content (AvgIpc) is 3.27. The predicted octanol–water partition coefficient (Wildman–Crippen LogP) is 6.15. The fourth-order valence-electron chi connectivity index (χ4n) is 5.16. The SMILES string of the molecule is CC(C)CN(CCCCCC12/C=C\C3=C(CCC1C2)NCCC3)C(C)C.[HH]. The van der Waals surface area contributed by atoms with Crippen LogP contribution in [-0.2, 0) is 0 Å². The van der Waals surface area contributed by atoms with Crippen molar-refractivity contribution in [3.63, 3.8) is 0 Å². The lowest BCUT2D eigenvalue weighted by molar-refractivity contribution is 0.193. The maximum atomic E-state index is 3.66. The number of hydrogen-bond acceptors (Lipinski definition) is 2. The third kappa shape index (κ3) is 5.15. The Morgan fingerprint density at radius 3 is 2.81 bits per heavy atom. The summed E-state index contributed by atoms with van der Waals surface area (Å²) >= 11 is 0. The van der Waals surface area contributed by atoms with E-state index in [1.165, 1.54) is 77.4 Å². The number of hydrogen-bond donors (Lipinski definition) is 1. The van der Waals surface area contributed by atoms with Crippen molar-refractivity contribution in [2.75, 3.05) is 19.6 Å². The number of nitrogens with zero attached hydrogens (tertiary/aromatic N) is 1. The first-order valence-electron chi connectivity index (χ1n) is 11.4. The Kier molecular flexibility index (Phi) is 6.88. The quantitative estimate of drug-likeness (QED) is 0.496. The molecule has 2 unspecified atom stereocenters. The summed E-state index contributed by atoms with van der Waals surface area (Å²) in [6.45, 7) is 13.1. The number of allylic oxidation sites excluding steroid dienone is 4. The molecule has 1 heterocycles. The van der Waals surface area contributed by atoms with Crippen LogP contribution in [0.1, 0.15) is 86.9 Å². The molecule has 2 atom stereocenters. The van der Waals surface area contributed by atoms with Gasteiger partial charge >= 0.3 is 0 Å². The van der Waals surface area contributed by atoms with Crippen LogP contribution in [0.2, 0.25) is 0 Å². The maximum absolute atomic E-state index is 3.66. The van der Waals surface area contributed by atoms with Gasteiger partial charge in [0.25, 0.3) is 0 Å². The zero-order valence-electron chi connectivity index (χ0n) is 17.8. The number of nitrogens with one attached hydrogen (secondary N) is 1. The molecule has 3 aliphatic rings. The molecule has 150 valence electrons. The molecule has 0 saturated heterocycles. The Morgan fingerprint density at radius 1 is 1.19 bits per heavy atom. The van der Waals surface area contributed by atoms with Crippen molar-refractivity contribution in [3.05, 3.63) is 23.4 Å². The molecule has 0 spiro atoms. The third-order valence-corrected chi connectivity index (χ3v) is 6.91. The van der Waals surface area contributed by atoms with Gasteiger partial charge in [0.05, 0.1) is 0 Å². The first-order chi connectivity index (χ1) is 12.5. The van der Waals surface area contributed by atoms with Crippen molar-refractivity contribution < 1.29 is 1.43 Å². The highest BCUT2D eigenvalue weighted by Gasteiger charge is 2.51. The highest BCUT2D eigenvalue weighted by atomic mass is 15.1. The molecule has 1 aliphatic heterocycles. The number of rotatable bonds is 9. The molecule has 2 nitrogen and oxygen atoms in total. The van der Waals surface area contributed by atoms with Gasteiger partial charge in [0.2, 0.25) is 0 Å². The van der Waals surface area contributed by atoms with Crippen molar-refractivity contribution in [2.24, 2.45) is 17.3 Å². The number of unbranched alkanes of at least 4 members (excludes halogenated alkanes) is 2. The maximum Gasteiger partial charge on any atom is 0.0147 e. The standard InChI is InChI=1S/C24H42N2.H2/c1-19(2)18-26(20(3)4)16-7-5-6-13-24-14-12-21-9-8-15-25-23(21)11-10-22(24)17-24;/h12,14,19-20,22,25H,5-11,13,15-18H2,1-4H3;1H/b14-12-;. The van der Waals surface area contributed by atoms with Gasteiger partial charge in [-0.15, -0.1) is 0 Å². The first-order valence-corrected chi connectivity index (χ1v) is 11.4. The van der Waals surface area contributed by atoms with E-state index in [2.05, 4.69) is 50.1 Å². The minimum atomic E-state index is 0. The molecular weight excluding hydrogens is 316 g/mol. The van der Waals surface area contributed by atoms with Crippen molar-refractivity contribution >= 4 is 0 Å². The van der Waals surface area contributed by atoms with Crippen molar-refractivity contribution in [3.8, 4) is 0 Å². The summed E-state index contributed by atoms with van der Waals surface area (Å²) in [6.07, 6.45) is 17.5. The summed E-state index contributed by atoms with van der Waals surface area (Å²) in [5.41, 5.74) is 3.75. The van der Waals surface area contributed by atoms with Gasteiger partial charge in [-0.1, -0.05) is 38.8 Å². The van der Waals surface area contributed by atoms with E-state index in [9.17, 15) is 0 Å². The molecule has 0 aromatic heterocycles. The molecule has 2 aliphatic carbocycles. The summed E-state index contributed by atoms with van der Waals surface area (Å²) in [5.74, 6) is 1.74. The molecule has 26 heavy (non-hydrogen) atoms. The molecule has 0 amide bonds. The van der Waals surface area contributed by atoms with Crippen LogP contribution < -0.4 is 5.32 Å². The van der Waals surface area contributed by atoms with Crippen molar-refractivity contribution in [2.45, 2.75) is 91.5 Å². The highest BCUT2D eigenvalue weighted by Crippen LogP contribution is 2.60. The van der Waals surface area contributed by atoms with E-state index in [0.717, 1.165) is 11.8 Å². The smallest absolute Gasteiger partial charge is 0.0147 e. The zero-order chi connectivity index (χ0) is 18.6.